The van der Waals surface area contributed by atoms with Crippen LogP contribution in [0, 0.1) is 0 Å². The first-order chi connectivity index (χ1) is 10.0. The molecule has 3 rings (SSSR count). The van der Waals surface area contributed by atoms with Crippen molar-refractivity contribution in [2.24, 2.45) is 4.99 Å². The maximum Gasteiger partial charge on any atom is 0.416 e. The van der Waals surface area contributed by atoms with Crippen LogP contribution in [0.2, 0.25) is 0 Å². The molecule has 1 aromatic carbocycles. The number of aliphatic imine (C=N–C) groups is 1. The second-order valence-corrected chi connectivity index (χ2v) is 6.52. The zero-order valence-corrected chi connectivity index (χ0v) is 11.9. The summed E-state index contributed by atoms with van der Waals surface area (Å²) >= 11 is 0. The number of guanidine groups is 1. The Morgan fingerprint density at radius 2 is 1.95 bits per heavy atom. The molecule has 0 bridgehead atoms. The van der Waals surface area contributed by atoms with Crippen LogP contribution in [0.3, 0.4) is 0 Å². The largest absolute Gasteiger partial charge is 0.416 e. The fourth-order valence-corrected chi connectivity index (χ4v) is 3.81. The lowest BCUT2D eigenvalue weighted by Crippen LogP contribution is -2.26. The number of allylic oxidation sites excluding steroid dienone is 2. The first-order valence-electron chi connectivity index (χ1n) is 6.43. The summed E-state index contributed by atoms with van der Waals surface area (Å²) in [6, 6.07) is 7.41. The highest BCUT2D eigenvalue weighted by Gasteiger charge is 2.34. The summed E-state index contributed by atoms with van der Waals surface area (Å²) in [5.74, 6) is 0.730. The molecule has 0 saturated carbocycles. The third-order valence-corrected chi connectivity index (χ3v) is 5.04. The molecule has 0 saturated heterocycles. The SMILES string of the molecule is FC(F)(F)C1=C[SH](c2ccc(NC3=NCCN3)cc2)C=C1. The van der Waals surface area contributed by atoms with Crippen molar-refractivity contribution >= 4 is 22.5 Å². The van der Waals surface area contributed by atoms with Gasteiger partial charge in [0.25, 0.3) is 0 Å². The zero-order valence-electron chi connectivity index (χ0n) is 11.0. The van der Waals surface area contributed by atoms with E-state index in [9.17, 15) is 13.2 Å². The van der Waals surface area contributed by atoms with Crippen molar-refractivity contribution in [3.05, 3.63) is 46.7 Å². The average molecular weight is 313 g/mol. The standard InChI is InChI=1S/C14H14F3N3S/c15-14(16,17)10-5-8-21(9-10)12-3-1-11(2-4-12)20-13-18-6-7-19-13/h1-5,8-9,21H,6-7H2,(H2,18,19,20). The van der Waals surface area contributed by atoms with E-state index in [1.807, 2.05) is 24.3 Å². The van der Waals surface area contributed by atoms with Crippen LogP contribution >= 0.6 is 10.9 Å². The zero-order chi connectivity index (χ0) is 14.9. The minimum absolute atomic E-state index is 0.555. The molecule has 21 heavy (non-hydrogen) atoms. The summed E-state index contributed by atoms with van der Waals surface area (Å²) in [4.78, 5) is 5.12. The summed E-state index contributed by atoms with van der Waals surface area (Å²) in [5, 5.41) is 9.15. The Labute approximate surface area is 123 Å². The topological polar surface area (TPSA) is 36.4 Å². The van der Waals surface area contributed by atoms with Crippen LogP contribution in [0.1, 0.15) is 0 Å². The molecule has 112 valence electrons. The highest BCUT2D eigenvalue weighted by atomic mass is 32.2. The third kappa shape index (κ3) is 3.24. The van der Waals surface area contributed by atoms with E-state index in [0.717, 1.165) is 35.7 Å². The van der Waals surface area contributed by atoms with Gasteiger partial charge < -0.3 is 10.6 Å². The maximum atomic E-state index is 12.6. The average Bonchev–Trinajstić information content (AvgIpc) is 3.09. The molecule has 3 nitrogen and oxygen atoms in total. The van der Waals surface area contributed by atoms with Crippen molar-refractivity contribution in [3.8, 4) is 0 Å². The third-order valence-electron chi connectivity index (χ3n) is 3.12. The van der Waals surface area contributed by atoms with Gasteiger partial charge in [-0.1, -0.05) is 0 Å². The summed E-state index contributed by atoms with van der Waals surface area (Å²) in [6.45, 7) is 1.57. The summed E-state index contributed by atoms with van der Waals surface area (Å²) < 4.78 is 37.8. The van der Waals surface area contributed by atoms with Crippen molar-refractivity contribution in [3.63, 3.8) is 0 Å². The first kappa shape index (κ1) is 14.1. The van der Waals surface area contributed by atoms with E-state index >= 15 is 0 Å². The number of rotatable bonds is 2. The molecule has 0 aliphatic carbocycles. The Balaban J connectivity index is 1.70. The molecule has 1 atom stereocenters. The summed E-state index contributed by atoms with van der Waals surface area (Å²) in [7, 11) is -1.01. The predicted molar refractivity (Wildman–Crippen MR) is 80.9 cm³/mol. The Morgan fingerprint density at radius 1 is 1.19 bits per heavy atom. The Bertz CT molecular complexity index is 617. The molecule has 7 heteroatoms. The number of hydrogen-bond acceptors (Lipinski definition) is 3. The number of alkyl halides is 3. The number of anilines is 1. The number of thiol groups is 1. The minimum Gasteiger partial charge on any atom is -0.354 e. The molecule has 0 amide bonds. The number of halogens is 3. The molecule has 0 spiro atoms. The molecule has 1 unspecified atom stereocenters. The quantitative estimate of drug-likeness (QED) is 0.732. The van der Waals surface area contributed by atoms with Crippen molar-refractivity contribution in [1.29, 1.82) is 0 Å². The molecular weight excluding hydrogens is 299 g/mol. The van der Waals surface area contributed by atoms with Gasteiger partial charge in [0.15, 0.2) is 5.96 Å². The fraction of sp³-hybridized carbons (Fsp3) is 0.214. The van der Waals surface area contributed by atoms with Gasteiger partial charge in [-0.25, -0.2) is 0 Å². The van der Waals surface area contributed by atoms with E-state index in [4.69, 9.17) is 0 Å². The van der Waals surface area contributed by atoms with Crippen LogP contribution in [0.5, 0.6) is 0 Å². The molecule has 0 radical (unpaired) electrons. The van der Waals surface area contributed by atoms with Gasteiger partial charge >= 0.3 is 6.18 Å². The van der Waals surface area contributed by atoms with Crippen LogP contribution < -0.4 is 10.6 Å². The Hall–Kier alpha value is -1.89. The molecule has 2 heterocycles. The van der Waals surface area contributed by atoms with Crippen molar-refractivity contribution in [2.45, 2.75) is 11.1 Å². The van der Waals surface area contributed by atoms with Crippen LogP contribution in [0.4, 0.5) is 18.9 Å². The highest BCUT2D eigenvalue weighted by Crippen LogP contribution is 2.47. The number of nitrogens with zero attached hydrogens (tertiary/aromatic N) is 1. The number of nitrogens with one attached hydrogen (secondary N) is 2. The van der Waals surface area contributed by atoms with E-state index in [1.165, 1.54) is 5.41 Å². The van der Waals surface area contributed by atoms with Gasteiger partial charge in [0.05, 0.1) is 12.1 Å². The fourth-order valence-electron chi connectivity index (χ4n) is 2.06. The number of hydrogen-bond donors (Lipinski definition) is 3. The lowest BCUT2D eigenvalue weighted by molar-refractivity contribution is -0.0878. The van der Waals surface area contributed by atoms with Gasteiger partial charge in [-0.2, -0.15) is 24.1 Å². The summed E-state index contributed by atoms with van der Waals surface area (Å²) in [5.41, 5.74) is 0.311. The lowest BCUT2D eigenvalue weighted by Gasteiger charge is -2.12. The van der Waals surface area contributed by atoms with Gasteiger partial charge in [0.2, 0.25) is 0 Å². The first-order valence-corrected chi connectivity index (χ1v) is 7.91. The molecule has 2 aliphatic heterocycles. The van der Waals surface area contributed by atoms with Crippen molar-refractivity contribution in [1.82, 2.24) is 5.32 Å². The minimum atomic E-state index is -4.26. The van der Waals surface area contributed by atoms with E-state index in [2.05, 4.69) is 15.6 Å². The predicted octanol–water partition coefficient (Wildman–Crippen LogP) is 3.39. The Kier molecular flexibility index (Phi) is 3.67. The van der Waals surface area contributed by atoms with Crippen molar-refractivity contribution < 1.29 is 13.2 Å². The molecule has 2 N–H and O–H groups in total. The van der Waals surface area contributed by atoms with E-state index in [0.29, 0.717) is 0 Å². The second kappa shape index (κ2) is 5.48. The highest BCUT2D eigenvalue weighted by molar-refractivity contribution is 8.22. The molecule has 0 fully saturated rings. The normalized spacial score (nSPS) is 22.7. The van der Waals surface area contributed by atoms with Gasteiger partial charge in [-0.15, -0.1) is 0 Å². The van der Waals surface area contributed by atoms with Gasteiger partial charge in [-0.3, -0.25) is 4.99 Å². The van der Waals surface area contributed by atoms with Crippen LogP contribution in [-0.2, 0) is 0 Å². The lowest BCUT2D eigenvalue weighted by atomic mass is 10.3. The van der Waals surface area contributed by atoms with Crippen LogP contribution in [0.15, 0.2) is 56.6 Å². The smallest absolute Gasteiger partial charge is 0.354 e. The number of benzene rings is 1. The molecular formula is C14H14F3N3S. The van der Waals surface area contributed by atoms with Crippen LogP contribution in [-0.4, -0.2) is 25.2 Å². The molecule has 1 aromatic rings. The van der Waals surface area contributed by atoms with Gasteiger partial charge in [0.1, 0.15) is 0 Å². The maximum absolute atomic E-state index is 12.6. The monoisotopic (exact) mass is 313 g/mol. The van der Waals surface area contributed by atoms with E-state index in [-0.39, 0.29) is 0 Å². The van der Waals surface area contributed by atoms with Gasteiger partial charge in [-0.05, 0) is 46.1 Å². The molecule has 0 aromatic heterocycles. The van der Waals surface area contributed by atoms with Crippen LogP contribution in [0.25, 0.3) is 0 Å². The second-order valence-electron chi connectivity index (χ2n) is 4.63. The molecule has 2 aliphatic rings. The van der Waals surface area contributed by atoms with Gasteiger partial charge in [0, 0.05) is 12.2 Å². The summed E-state index contributed by atoms with van der Waals surface area (Å²) in [6.07, 6.45) is -3.10. The Morgan fingerprint density at radius 3 is 2.52 bits per heavy atom. The van der Waals surface area contributed by atoms with Crippen molar-refractivity contribution in [2.75, 3.05) is 18.4 Å². The van der Waals surface area contributed by atoms with E-state index < -0.39 is 22.6 Å². The van der Waals surface area contributed by atoms with E-state index in [1.54, 1.807) is 5.41 Å².